The van der Waals surface area contributed by atoms with Crippen molar-refractivity contribution in [2.24, 2.45) is 0 Å². The van der Waals surface area contributed by atoms with E-state index in [0.29, 0.717) is 36.4 Å². The van der Waals surface area contributed by atoms with Crippen molar-refractivity contribution in [3.05, 3.63) is 71.0 Å². The van der Waals surface area contributed by atoms with Crippen LogP contribution in [0.4, 0.5) is 4.39 Å². The highest BCUT2D eigenvalue weighted by molar-refractivity contribution is 6.46. The quantitative estimate of drug-likeness (QED) is 0.259. The van der Waals surface area contributed by atoms with Crippen LogP contribution in [0.25, 0.3) is 5.76 Å². The van der Waals surface area contributed by atoms with E-state index in [1.165, 1.54) is 29.2 Å². The average molecular weight is 426 g/mol. The summed E-state index contributed by atoms with van der Waals surface area (Å²) in [6, 6.07) is 11.7. The maximum Gasteiger partial charge on any atom is 0.295 e. The molecule has 1 unspecified atom stereocenters. The van der Waals surface area contributed by atoms with E-state index in [0.717, 1.165) is 19.3 Å². The van der Waals surface area contributed by atoms with Crippen LogP contribution in [0.2, 0.25) is 0 Å². The number of halogens is 1. The number of benzene rings is 2. The molecule has 0 saturated carbocycles. The van der Waals surface area contributed by atoms with Crippen molar-refractivity contribution < 1.29 is 23.8 Å². The molecule has 1 aliphatic rings. The van der Waals surface area contributed by atoms with E-state index in [4.69, 9.17) is 4.74 Å². The van der Waals surface area contributed by atoms with Crippen molar-refractivity contribution in [3.8, 4) is 5.75 Å². The lowest BCUT2D eigenvalue weighted by Gasteiger charge is -2.24. The van der Waals surface area contributed by atoms with Crippen LogP contribution < -0.4 is 4.74 Å². The largest absolute Gasteiger partial charge is 0.507 e. The fourth-order valence-electron chi connectivity index (χ4n) is 3.75. The predicted molar refractivity (Wildman–Crippen MR) is 117 cm³/mol. The fourth-order valence-corrected chi connectivity index (χ4v) is 3.75. The molecule has 6 heteroatoms. The van der Waals surface area contributed by atoms with Gasteiger partial charge in [-0.1, -0.05) is 38.8 Å². The number of ketones is 1. The van der Waals surface area contributed by atoms with Gasteiger partial charge in [-0.25, -0.2) is 4.39 Å². The second kappa shape index (κ2) is 10.2. The Hall–Kier alpha value is -3.15. The van der Waals surface area contributed by atoms with Gasteiger partial charge < -0.3 is 14.7 Å². The lowest BCUT2D eigenvalue weighted by atomic mass is 9.95. The lowest BCUT2D eigenvalue weighted by molar-refractivity contribution is -0.139. The molecule has 1 N–H and O–H groups in total. The van der Waals surface area contributed by atoms with Gasteiger partial charge in [-0.3, -0.25) is 9.59 Å². The van der Waals surface area contributed by atoms with Gasteiger partial charge in [0.25, 0.3) is 11.7 Å². The Morgan fingerprint density at radius 1 is 1.00 bits per heavy atom. The van der Waals surface area contributed by atoms with Gasteiger partial charge in [0.05, 0.1) is 18.2 Å². The summed E-state index contributed by atoms with van der Waals surface area (Å²) in [4.78, 5) is 26.9. The number of carbonyl (C=O) groups is 2. The highest BCUT2D eigenvalue weighted by atomic mass is 19.1. The number of unbranched alkanes of at least 4 members (excludes halogenated alkanes) is 2. The molecule has 1 atom stereocenters. The number of hydrogen-bond acceptors (Lipinski definition) is 4. The molecule has 1 amide bonds. The Morgan fingerprint density at radius 2 is 1.68 bits per heavy atom. The smallest absolute Gasteiger partial charge is 0.295 e. The van der Waals surface area contributed by atoms with Gasteiger partial charge in [-0.05, 0) is 54.8 Å². The van der Waals surface area contributed by atoms with Crippen LogP contribution in [0.3, 0.4) is 0 Å². The zero-order valence-corrected chi connectivity index (χ0v) is 17.9. The molecule has 164 valence electrons. The molecule has 1 aliphatic heterocycles. The Balaban J connectivity index is 1.95. The Morgan fingerprint density at radius 3 is 2.29 bits per heavy atom. The third kappa shape index (κ3) is 4.95. The zero-order valence-electron chi connectivity index (χ0n) is 17.9. The summed E-state index contributed by atoms with van der Waals surface area (Å²) in [6.07, 6.45) is 3.83. The molecule has 1 fully saturated rings. The van der Waals surface area contributed by atoms with Crippen LogP contribution in [0.5, 0.6) is 5.75 Å². The highest BCUT2D eigenvalue weighted by Crippen LogP contribution is 2.39. The Kier molecular flexibility index (Phi) is 7.45. The topological polar surface area (TPSA) is 66.8 Å². The van der Waals surface area contributed by atoms with Crippen molar-refractivity contribution in [1.82, 2.24) is 4.90 Å². The van der Waals surface area contributed by atoms with E-state index in [2.05, 4.69) is 6.92 Å². The van der Waals surface area contributed by atoms with Crippen LogP contribution in [-0.4, -0.2) is 34.8 Å². The number of likely N-dealkylation sites (tertiary alicyclic amines) is 1. The summed E-state index contributed by atoms with van der Waals surface area (Å²) in [5, 5.41) is 11.0. The molecule has 1 heterocycles. The molecule has 1 saturated heterocycles. The van der Waals surface area contributed by atoms with Crippen LogP contribution in [-0.2, 0) is 9.59 Å². The number of hydrogen-bond donors (Lipinski definition) is 1. The third-order valence-electron chi connectivity index (χ3n) is 5.33. The summed E-state index contributed by atoms with van der Waals surface area (Å²) in [5.41, 5.74) is 1.01. The van der Waals surface area contributed by atoms with Crippen molar-refractivity contribution >= 4 is 17.4 Å². The minimum Gasteiger partial charge on any atom is -0.507 e. The summed E-state index contributed by atoms with van der Waals surface area (Å²) in [6.45, 7) is 5.00. The van der Waals surface area contributed by atoms with Crippen molar-refractivity contribution in [2.45, 2.75) is 45.6 Å². The van der Waals surface area contributed by atoms with Crippen LogP contribution in [0.1, 0.15) is 56.7 Å². The zero-order chi connectivity index (χ0) is 22.4. The van der Waals surface area contributed by atoms with Crippen LogP contribution in [0, 0.1) is 5.82 Å². The molecule has 0 radical (unpaired) electrons. The number of rotatable bonds is 9. The first-order valence-corrected chi connectivity index (χ1v) is 10.7. The van der Waals surface area contributed by atoms with E-state index in [1.54, 1.807) is 24.3 Å². The summed E-state index contributed by atoms with van der Waals surface area (Å²) >= 11 is 0. The molecule has 3 rings (SSSR count). The number of Topliss-reactive ketones (excluding diaryl/α,β-unsaturated/α-hetero) is 1. The van der Waals surface area contributed by atoms with Crippen molar-refractivity contribution in [1.29, 1.82) is 0 Å². The number of carbonyl (C=O) groups excluding carboxylic acids is 2. The van der Waals surface area contributed by atoms with Crippen molar-refractivity contribution in [3.63, 3.8) is 0 Å². The maximum atomic E-state index is 13.4. The standard InChI is InChI=1S/C25H28FNO4/c1-3-5-6-16-31-20-13-9-18(10-14-20)23(28)21-22(17-7-11-19(26)12-8-17)27(15-4-2)25(30)24(21)29/h7-14,22,28H,3-6,15-16H2,1-2H3/b23-21-. The highest BCUT2D eigenvalue weighted by Gasteiger charge is 2.45. The summed E-state index contributed by atoms with van der Waals surface area (Å²) < 4.78 is 19.1. The molecular weight excluding hydrogens is 397 g/mol. The second-order valence-corrected chi connectivity index (χ2v) is 7.62. The molecule has 31 heavy (non-hydrogen) atoms. The van der Waals surface area contributed by atoms with Gasteiger partial charge in [-0.2, -0.15) is 0 Å². The van der Waals surface area contributed by atoms with E-state index in [1.807, 2.05) is 6.92 Å². The molecule has 0 bridgehead atoms. The number of nitrogens with zero attached hydrogens (tertiary/aromatic N) is 1. The first kappa shape index (κ1) is 22.5. The molecular formula is C25H28FNO4. The van der Waals surface area contributed by atoms with Gasteiger partial charge in [0.1, 0.15) is 17.3 Å². The number of aliphatic hydroxyl groups excluding tert-OH is 1. The lowest BCUT2D eigenvalue weighted by Crippen LogP contribution is -2.30. The van der Waals surface area contributed by atoms with E-state index in [9.17, 15) is 19.1 Å². The predicted octanol–water partition coefficient (Wildman–Crippen LogP) is 5.23. The normalized spacial score (nSPS) is 17.9. The molecule has 2 aromatic carbocycles. The summed E-state index contributed by atoms with van der Waals surface area (Å²) in [7, 11) is 0. The monoisotopic (exact) mass is 425 g/mol. The number of ether oxygens (including phenoxy) is 1. The van der Waals surface area contributed by atoms with E-state index in [-0.39, 0.29) is 11.3 Å². The minimum absolute atomic E-state index is 0.0154. The molecule has 0 aliphatic carbocycles. The van der Waals surface area contributed by atoms with Crippen LogP contribution >= 0.6 is 0 Å². The molecule has 2 aromatic rings. The maximum absolute atomic E-state index is 13.4. The molecule has 5 nitrogen and oxygen atoms in total. The van der Waals surface area contributed by atoms with E-state index >= 15 is 0 Å². The summed E-state index contributed by atoms with van der Waals surface area (Å²) in [5.74, 6) is -1.38. The van der Waals surface area contributed by atoms with Crippen LogP contribution in [0.15, 0.2) is 54.1 Å². The number of aliphatic hydroxyl groups is 1. The van der Waals surface area contributed by atoms with Gasteiger partial charge in [0.15, 0.2) is 0 Å². The average Bonchev–Trinajstić information content (AvgIpc) is 3.02. The van der Waals surface area contributed by atoms with Crippen molar-refractivity contribution in [2.75, 3.05) is 13.2 Å². The molecule has 0 spiro atoms. The third-order valence-corrected chi connectivity index (χ3v) is 5.33. The fraction of sp³-hybridized carbons (Fsp3) is 0.360. The minimum atomic E-state index is -0.759. The second-order valence-electron chi connectivity index (χ2n) is 7.62. The van der Waals surface area contributed by atoms with E-state index < -0.39 is 23.5 Å². The van der Waals surface area contributed by atoms with Gasteiger partial charge in [0, 0.05) is 12.1 Å². The van der Waals surface area contributed by atoms with Gasteiger partial charge in [-0.15, -0.1) is 0 Å². The Labute approximate surface area is 182 Å². The first-order valence-electron chi connectivity index (χ1n) is 10.7. The molecule has 0 aromatic heterocycles. The SMILES string of the molecule is CCCCCOc1ccc(/C(O)=C2/C(=O)C(=O)N(CCC)C2c2ccc(F)cc2)cc1. The van der Waals surface area contributed by atoms with Gasteiger partial charge >= 0.3 is 0 Å². The Bertz CT molecular complexity index is 950. The first-order chi connectivity index (χ1) is 15.0. The van der Waals surface area contributed by atoms with Gasteiger partial charge in [0.2, 0.25) is 0 Å². The number of amides is 1.